The predicted molar refractivity (Wildman–Crippen MR) is 73.9 cm³/mol. The van der Waals surface area contributed by atoms with Crippen LogP contribution >= 0.6 is 0 Å². The molecule has 1 aromatic rings. The highest BCUT2D eigenvalue weighted by molar-refractivity contribution is 6.42. The van der Waals surface area contributed by atoms with Crippen molar-refractivity contribution in [1.82, 2.24) is 5.32 Å². The largest absolute Gasteiger partial charge is 0.478 e. The van der Waals surface area contributed by atoms with E-state index in [1.54, 1.807) is 0 Å². The second-order valence-corrected chi connectivity index (χ2v) is 4.60. The van der Waals surface area contributed by atoms with Gasteiger partial charge in [-0.25, -0.2) is 9.59 Å². The van der Waals surface area contributed by atoms with Crippen LogP contribution in [-0.2, 0) is 4.79 Å². The van der Waals surface area contributed by atoms with E-state index < -0.39 is 17.8 Å². The van der Waals surface area contributed by atoms with Crippen LogP contribution in [0.25, 0.3) is 0 Å². The van der Waals surface area contributed by atoms with E-state index in [0.29, 0.717) is 6.54 Å². The molecule has 110 valence electrons. The first-order valence-electron chi connectivity index (χ1n) is 6.11. The Labute approximate surface area is 119 Å². The molecule has 0 fully saturated rings. The third kappa shape index (κ3) is 3.35. The Morgan fingerprint density at radius 1 is 1.19 bits per heavy atom. The maximum absolute atomic E-state index is 11.9. The number of hydrogen-bond donors (Lipinski definition) is 4. The van der Waals surface area contributed by atoms with Crippen molar-refractivity contribution in [2.24, 2.45) is 4.99 Å². The maximum Gasteiger partial charge on any atom is 0.335 e. The van der Waals surface area contributed by atoms with E-state index >= 15 is 0 Å². The molecule has 0 aliphatic carbocycles. The Kier molecular flexibility index (Phi) is 3.88. The average molecular weight is 291 g/mol. The van der Waals surface area contributed by atoms with Crippen molar-refractivity contribution in [3.8, 4) is 0 Å². The summed E-state index contributed by atoms with van der Waals surface area (Å²) in [6.45, 7) is 2.33. The van der Waals surface area contributed by atoms with Crippen LogP contribution in [0.2, 0.25) is 0 Å². The van der Waals surface area contributed by atoms with Gasteiger partial charge in [-0.05, 0) is 25.1 Å². The summed E-state index contributed by atoms with van der Waals surface area (Å²) in [6, 6.07) is 3.44. The zero-order valence-electron chi connectivity index (χ0n) is 11.1. The topological polar surface area (TPSA) is 128 Å². The summed E-state index contributed by atoms with van der Waals surface area (Å²) in [6.07, 6.45) is 0. The van der Waals surface area contributed by atoms with Gasteiger partial charge in [0, 0.05) is 11.7 Å². The van der Waals surface area contributed by atoms with Crippen LogP contribution < -0.4 is 10.6 Å². The highest BCUT2D eigenvalue weighted by atomic mass is 16.4. The van der Waals surface area contributed by atoms with Crippen molar-refractivity contribution < 1.29 is 24.6 Å². The number of carbonyl (C=O) groups excluding carboxylic acids is 1. The molecule has 1 atom stereocenters. The molecule has 1 unspecified atom stereocenters. The molecule has 21 heavy (non-hydrogen) atoms. The number of amidine groups is 1. The fraction of sp³-hybridized carbons (Fsp3) is 0.231. The van der Waals surface area contributed by atoms with Gasteiger partial charge < -0.3 is 20.8 Å². The van der Waals surface area contributed by atoms with E-state index in [1.165, 1.54) is 12.1 Å². The first kappa shape index (κ1) is 14.5. The third-order valence-corrected chi connectivity index (χ3v) is 2.81. The molecular formula is C13H13N3O5. The first-order chi connectivity index (χ1) is 9.86. The number of benzene rings is 1. The Bertz CT molecular complexity index is 621. The van der Waals surface area contributed by atoms with Crippen LogP contribution in [-0.4, -0.2) is 46.5 Å². The van der Waals surface area contributed by atoms with Crippen LogP contribution in [0.4, 0.5) is 5.69 Å². The monoisotopic (exact) mass is 291 g/mol. The van der Waals surface area contributed by atoms with Crippen molar-refractivity contribution in [2.75, 3.05) is 11.9 Å². The Hall–Kier alpha value is -2.90. The molecule has 1 aliphatic heterocycles. The summed E-state index contributed by atoms with van der Waals surface area (Å²) in [4.78, 5) is 37.9. The summed E-state index contributed by atoms with van der Waals surface area (Å²) in [5.41, 5.74) is -0.360. The number of hydrogen-bond acceptors (Lipinski definition) is 5. The van der Waals surface area contributed by atoms with E-state index in [9.17, 15) is 14.4 Å². The van der Waals surface area contributed by atoms with Gasteiger partial charge in [0.15, 0.2) is 5.84 Å². The van der Waals surface area contributed by atoms with Gasteiger partial charge in [-0.15, -0.1) is 0 Å². The zero-order valence-corrected chi connectivity index (χ0v) is 11.1. The summed E-state index contributed by atoms with van der Waals surface area (Å²) >= 11 is 0. The molecular weight excluding hydrogens is 278 g/mol. The second-order valence-electron chi connectivity index (χ2n) is 4.60. The van der Waals surface area contributed by atoms with Gasteiger partial charge in [0.2, 0.25) is 0 Å². The normalized spacial score (nSPS) is 16.8. The summed E-state index contributed by atoms with van der Waals surface area (Å²) in [5, 5.41) is 23.2. The lowest BCUT2D eigenvalue weighted by Crippen LogP contribution is -2.36. The standard InChI is InChI=1S/C13H13N3O5/c1-6-5-14-10(15-6)11(17)16-9-3-7(12(18)19)2-8(4-9)13(20)21/h2-4,6H,5H2,1H3,(H,14,15)(H,16,17)(H,18,19)(H,20,21). The molecule has 1 heterocycles. The molecule has 0 saturated carbocycles. The second kappa shape index (κ2) is 5.61. The van der Waals surface area contributed by atoms with Crippen molar-refractivity contribution in [3.63, 3.8) is 0 Å². The van der Waals surface area contributed by atoms with Crippen LogP contribution in [0.3, 0.4) is 0 Å². The van der Waals surface area contributed by atoms with Gasteiger partial charge in [0.1, 0.15) is 0 Å². The average Bonchev–Trinajstić information content (AvgIpc) is 2.85. The molecule has 8 heteroatoms. The minimum atomic E-state index is -1.28. The van der Waals surface area contributed by atoms with Gasteiger partial charge in [-0.1, -0.05) is 0 Å². The lowest BCUT2D eigenvalue weighted by molar-refractivity contribution is -0.110. The number of carboxylic acids is 2. The minimum absolute atomic E-state index is 0.0469. The molecule has 0 saturated heterocycles. The quantitative estimate of drug-likeness (QED) is 0.636. The van der Waals surface area contributed by atoms with Crippen LogP contribution in [0.5, 0.6) is 0 Å². The van der Waals surface area contributed by atoms with Crippen LogP contribution in [0, 0.1) is 0 Å². The number of carboxylic acid groups (broad SMARTS) is 2. The van der Waals surface area contributed by atoms with Gasteiger partial charge in [0.05, 0.1) is 17.7 Å². The van der Waals surface area contributed by atoms with E-state index in [4.69, 9.17) is 10.2 Å². The van der Waals surface area contributed by atoms with Gasteiger partial charge in [-0.2, -0.15) is 0 Å². The fourth-order valence-electron chi connectivity index (χ4n) is 1.83. The molecule has 0 spiro atoms. The zero-order chi connectivity index (χ0) is 15.6. The highest BCUT2D eigenvalue weighted by Gasteiger charge is 2.20. The minimum Gasteiger partial charge on any atom is -0.478 e. The van der Waals surface area contributed by atoms with E-state index in [-0.39, 0.29) is 28.7 Å². The van der Waals surface area contributed by atoms with E-state index in [2.05, 4.69) is 15.6 Å². The molecule has 1 amide bonds. The summed E-state index contributed by atoms with van der Waals surface area (Å²) in [5.74, 6) is -2.96. The van der Waals surface area contributed by atoms with Gasteiger partial charge in [-0.3, -0.25) is 9.79 Å². The Morgan fingerprint density at radius 2 is 1.76 bits per heavy atom. The Morgan fingerprint density at radius 3 is 2.19 bits per heavy atom. The third-order valence-electron chi connectivity index (χ3n) is 2.81. The van der Waals surface area contributed by atoms with Crippen molar-refractivity contribution in [2.45, 2.75) is 13.0 Å². The molecule has 4 N–H and O–H groups in total. The number of carbonyl (C=O) groups is 3. The summed E-state index contributed by atoms with van der Waals surface area (Å²) < 4.78 is 0. The number of nitrogens with zero attached hydrogens (tertiary/aromatic N) is 1. The van der Waals surface area contributed by atoms with Crippen LogP contribution in [0.1, 0.15) is 27.6 Å². The molecule has 0 bridgehead atoms. The molecule has 1 aliphatic rings. The molecule has 2 rings (SSSR count). The maximum atomic E-state index is 11.9. The van der Waals surface area contributed by atoms with Crippen LogP contribution in [0.15, 0.2) is 23.2 Å². The van der Waals surface area contributed by atoms with Crippen molar-refractivity contribution in [3.05, 3.63) is 29.3 Å². The predicted octanol–water partition coefficient (Wildman–Crippen LogP) is 0.412. The van der Waals surface area contributed by atoms with E-state index in [1.807, 2.05) is 6.92 Å². The number of aliphatic imine (C=N–C) groups is 1. The SMILES string of the molecule is CC1CN=C(C(=O)Nc2cc(C(=O)O)cc(C(=O)O)c2)N1. The molecule has 0 aromatic heterocycles. The number of anilines is 1. The van der Waals surface area contributed by atoms with Gasteiger partial charge >= 0.3 is 11.9 Å². The molecule has 0 radical (unpaired) electrons. The number of aromatic carboxylic acids is 2. The number of rotatable bonds is 4. The lowest BCUT2D eigenvalue weighted by atomic mass is 10.1. The lowest BCUT2D eigenvalue weighted by Gasteiger charge is -2.09. The smallest absolute Gasteiger partial charge is 0.335 e. The number of amides is 1. The van der Waals surface area contributed by atoms with Crippen molar-refractivity contribution >= 4 is 29.4 Å². The van der Waals surface area contributed by atoms with Gasteiger partial charge in [0.25, 0.3) is 5.91 Å². The first-order valence-corrected chi connectivity index (χ1v) is 6.11. The molecule has 1 aromatic carbocycles. The van der Waals surface area contributed by atoms with E-state index in [0.717, 1.165) is 6.07 Å². The summed E-state index contributed by atoms with van der Waals surface area (Å²) in [7, 11) is 0. The fourth-order valence-corrected chi connectivity index (χ4v) is 1.83. The number of nitrogens with one attached hydrogen (secondary N) is 2. The van der Waals surface area contributed by atoms with Crippen molar-refractivity contribution in [1.29, 1.82) is 0 Å². The Balaban J connectivity index is 2.25. The molecule has 8 nitrogen and oxygen atoms in total. The highest BCUT2D eigenvalue weighted by Crippen LogP contribution is 2.16.